The van der Waals surface area contributed by atoms with Gasteiger partial charge < -0.3 is 0 Å². The summed E-state index contributed by atoms with van der Waals surface area (Å²) in [6.45, 7) is 0. The van der Waals surface area contributed by atoms with Gasteiger partial charge in [-0.2, -0.15) is 0 Å². The first-order valence-corrected chi connectivity index (χ1v) is 14.4. The maximum atomic E-state index is 12.4. The second kappa shape index (κ2) is 8.35. The second-order valence-corrected chi connectivity index (χ2v) is 14.9. The van der Waals surface area contributed by atoms with Crippen LogP contribution in [0.4, 0.5) is 0 Å². The summed E-state index contributed by atoms with van der Waals surface area (Å²) >= 11 is 0. The summed E-state index contributed by atoms with van der Waals surface area (Å²) in [5.41, 5.74) is 1.77. The third kappa shape index (κ3) is 4.35. The summed E-state index contributed by atoms with van der Waals surface area (Å²) in [6, 6.07) is 0. The molecule has 0 bridgehead atoms. The Morgan fingerprint density at radius 2 is 0.917 bits per heavy atom. The van der Waals surface area contributed by atoms with Gasteiger partial charge in [0.25, 0.3) is 0 Å². The van der Waals surface area contributed by atoms with Crippen molar-refractivity contribution in [2.75, 3.05) is 6.26 Å². The Morgan fingerprint density at radius 1 is 0.625 bits per heavy atom. The average Bonchev–Trinajstić information content (AvgIpc) is 2.61. The van der Waals surface area contributed by atoms with E-state index in [0.717, 1.165) is 0 Å². The predicted molar refractivity (Wildman–Crippen MR) is 105 cm³/mol. The molecular formula is C19H37O3PS. The minimum absolute atomic E-state index is 0.590. The second-order valence-electron chi connectivity index (χ2n) is 8.65. The summed E-state index contributed by atoms with van der Waals surface area (Å²) in [6.07, 6.45) is 20.4. The minimum atomic E-state index is -3.37. The van der Waals surface area contributed by atoms with Gasteiger partial charge in [-0.25, -0.2) is 0 Å². The fourth-order valence-corrected chi connectivity index (χ4v) is 15.8. The molecule has 3 aliphatic carbocycles. The standard InChI is InChI=1S/C19H37O3PS/c1-24(20,21)22-23(17-11-5-2-6-12-17,18-13-7-3-8-14-18)19-15-9-4-10-16-19/h17-19,23H,2-16H2,1H3. The van der Waals surface area contributed by atoms with Crippen molar-refractivity contribution >= 4 is 17.6 Å². The topological polar surface area (TPSA) is 43.4 Å². The van der Waals surface area contributed by atoms with Crippen LogP contribution in [0, 0.1) is 0 Å². The maximum absolute atomic E-state index is 12.4. The molecule has 0 amide bonds. The van der Waals surface area contributed by atoms with Crippen LogP contribution >= 0.6 is 7.49 Å². The first kappa shape index (κ1) is 19.1. The van der Waals surface area contributed by atoms with Crippen molar-refractivity contribution in [3.63, 3.8) is 0 Å². The molecule has 3 saturated carbocycles. The van der Waals surface area contributed by atoms with Crippen LogP contribution in [-0.4, -0.2) is 31.7 Å². The van der Waals surface area contributed by atoms with Gasteiger partial charge in [0.15, 0.2) is 0 Å². The van der Waals surface area contributed by atoms with Gasteiger partial charge in [0.05, 0.1) is 0 Å². The summed E-state index contributed by atoms with van der Waals surface area (Å²) in [5, 5.41) is 0. The average molecular weight is 377 g/mol. The van der Waals surface area contributed by atoms with Crippen LogP contribution < -0.4 is 0 Å². The predicted octanol–water partition coefficient (Wildman–Crippen LogP) is 5.63. The number of hydrogen-bond acceptors (Lipinski definition) is 3. The van der Waals surface area contributed by atoms with Crippen LogP contribution in [0.2, 0.25) is 0 Å². The molecule has 24 heavy (non-hydrogen) atoms. The van der Waals surface area contributed by atoms with Crippen molar-refractivity contribution in [1.82, 2.24) is 0 Å². The van der Waals surface area contributed by atoms with Crippen LogP contribution in [0.25, 0.3) is 0 Å². The molecule has 0 atom stereocenters. The fourth-order valence-electron chi connectivity index (χ4n) is 6.13. The molecule has 3 nitrogen and oxygen atoms in total. The molecule has 0 aromatic carbocycles. The van der Waals surface area contributed by atoms with Crippen molar-refractivity contribution in [3.05, 3.63) is 0 Å². The van der Waals surface area contributed by atoms with E-state index in [1.54, 1.807) is 0 Å². The molecule has 0 spiro atoms. The first-order valence-electron chi connectivity index (χ1n) is 10.4. The zero-order valence-electron chi connectivity index (χ0n) is 15.5. The summed E-state index contributed by atoms with van der Waals surface area (Å²) < 4.78 is 31.1. The van der Waals surface area contributed by atoms with E-state index in [0.29, 0.717) is 17.0 Å². The van der Waals surface area contributed by atoms with Gasteiger partial charge in [0, 0.05) is 0 Å². The number of rotatable bonds is 5. The van der Waals surface area contributed by atoms with Crippen LogP contribution in [0.5, 0.6) is 0 Å². The van der Waals surface area contributed by atoms with Crippen molar-refractivity contribution in [2.24, 2.45) is 0 Å². The molecule has 0 unspecified atom stereocenters. The zero-order valence-corrected chi connectivity index (χ0v) is 17.3. The monoisotopic (exact) mass is 376 g/mol. The van der Waals surface area contributed by atoms with Crippen molar-refractivity contribution < 1.29 is 12.4 Å². The van der Waals surface area contributed by atoms with E-state index in [1.165, 1.54) is 103 Å². The molecule has 3 fully saturated rings. The molecule has 0 aliphatic heterocycles. The molecular weight excluding hydrogens is 339 g/mol. The van der Waals surface area contributed by atoms with Crippen LogP contribution in [-0.2, 0) is 14.1 Å². The SMILES string of the molecule is CS(=O)(=O)O[PH](C1CCCCC1)(C1CCCCC1)C1CCCCC1. The Bertz CT molecular complexity index is 441. The molecule has 5 heteroatoms. The van der Waals surface area contributed by atoms with Gasteiger partial charge in [-0.1, -0.05) is 0 Å². The molecule has 0 aromatic heterocycles. The molecule has 0 N–H and O–H groups in total. The molecule has 3 rings (SSSR count). The van der Waals surface area contributed by atoms with Gasteiger partial charge in [-0.15, -0.1) is 0 Å². The molecule has 0 heterocycles. The first-order chi connectivity index (χ1) is 11.5. The Balaban J connectivity index is 1.98. The van der Waals surface area contributed by atoms with Crippen molar-refractivity contribution in [2.45, 2.75) is 113 Å². The Hall–Kier alpha value is 0.340. The summed E-state index contributed by atoms with van der Waals surface area (Å²) in [5.74, 6) is 0. The third-order valence-corrected chi connectivity index (χ3v) is 15.0. The van der Waals surface area contributed by atoms with E-state index in [2.05, 4.69) is 0 Å². The van der Waals surface area contributed by atoms with Crippen molar-refractivity contribution in [1.29, 1.82) is 0 Å². The van der Waals surface area contributed by atoms with E-state index < -0.39 is 17.6 Å². The van der Waals surface area contributed by atoms with Gasteiger partial charge in [-0.3, -0.25) is 0 Å². The van der Waals surface area contributed by atoms with Crippen LogP contribution in [0.3, 0.4) is 0 Å². The quantitative estimate of drug-likeness (QED) is 0.584. The van der Waals surface area contributed by atoms with Crippen LogP contribution in [0.15, 0.2) is 0 Å². The van der Waals surface area contributed by atoms with Gasteiger partial charge in [0.2, 0.25) is 0 Å². The molecule has 3 aliphatic rings. The molecule has 0 aromatic rings. The molecule has 142 valence electrons. The zero-order chi connectivity index (χ0) is 17.0. The third-order valence-electron chi connectivity index (χ3n) is 7.03. The van der Waals surface area contributed by atoms with E-state index in [1.807, 2.05) is 0 Å². The van der Waals surface area contributed by atoms with E-state index in [-0.39, 0.29) is 0 Å². The molecule has 0 radical (unpaired) electrons. The summed E-state index contributed by atoms with van der Waals surface area (Å²) in [7, 11) is -5.68. The van der Waals surface area contributed by atoms with E-state index in [4.69, 9.17) is 3.97 Å². The summed E-state index contributed by atoms with van der Waals surface area (Å²) in [4.78, 5) is 0. The van der Waals surface area contributed by atoms with Gasteiger partial charge >= 0.3 is 150 Å². The Morgan fingerprint density at radius 3 is 1.17 bits per heavy atom. The Kier molecular flexibility index (Phi) is 6.65. The fraction of sp³-hybridized carbons (Fsp3) is 1.00. The Labute approximate surface area is 149 Å². The van der Waals surface area contributed by atoms with E-state index in [9.17, 15) is 8.42 Å². The number of hydrogen-bond donors (Lipinski definition) is 0. The van der Waals surface area contributed by atoms with Crippen molar-refractivity contribution in [3.8, 4) is 0 Å². The van der Waals surface area contributed by atoms with Gasteiger partial charge in [0.1, 0.15) is 0 Å². The van der Waals surface area contributed by atoms with Gasteiger partial charge in [-0.05, 0) is 0 Å². The molecule has 0 saturated heterocycles. The van der Waals surface area contributed by atoms with Crippen LogP contribution in [0.1, 0.15) is 96.3 Å². The normalized spacial score (nSPS) is 27.2. The van der Waals surface area contributed by atoms with E-state index >= 15 is 0 Å².